The molecule has 0 fully saturated rings. The molecule has 1 aliphatic heterocycles. The van der Waals surface area contributed by atoms with Gasteiger partial charge in [0.25, 0.3) is 0 Å². The fourth-order valence-corrected chi connectivity index (χ4v) is 16.4. The quantitative estimate of drug-likeness (QED) is 0.415. The molecule has 34 heavy (non-hydrogen) atoms. The molecule has 4 bridgehead atoms. The smallest absolute Gasteiger partial charge is 1.00 e. The molecule has 0 N–H and O–H groups in total. The van der Waals surface area contributed by atoms with Crippen LogP contribution < -0.4 is 24.8 Å². The van der Waals surface area contributed by atoms with Gasteiger partial charge in [-0.2, -0.15) is 0 Å². The van der Waals surface area contributed by atoms with Crippen molar-refractivity contribution in [3.8, 4) is 0 Å². The third-order valence-corrected chi connectivity index (χ3v) is 17.4. The fraction of sp³-hybridized carbons (Fsp3) is 0.467. The summed E-state index contributed by atoms with van der Waals surface area (Å²) in [6.45, 7) is 24.4. The van der Waals surface area contributed by atoms with E-state index in [2.05, 4.69) is 105 Å². The van der Waals surface area contributed by atoms with Crippen molar-refractivity contribution in [1.29, 1.82) is 0 Å². The van der Waals surface area contributed by atoms with Crippen LogP contribution in [0.4, 0.5) is 0 Å². The van der Waals surface area contributed by atoms with Gasteiger partial charge in [0.05, 0.1) is 0 Å². The number of hydrogen-bond donors (Lipinski definition) is 0. The summed E-state index contributed by atoms with van der Waals surface area (Å²) >= 11 is -0.744. The molecule has 180 valence electrons. The average Bonchev–Trinajstić information content (AvgIpc) is 3.12. The van der Waals surface area contributed by atoms with Gasteiger partial charge in [-0.05, 0) is 0 Å². The van der Waals surface area contributed by atoms with Crippen LogP contribution in [0.3, 0.4) is 0 Å². The van der Waals surface area contributed by atoms with Crippen LogP contribution in [0.5, 0.6) is 0 Å². The summed E-state index contributed by atoms with van der Waals surface area (Å²) in [4.78, 5) is 0. The third-order valence-electron chi connectivity index (χ3n) is 8.24. The van der Waals surface area contributed by atoms with Crippen LogP contribution in [0.2, 0.25) is 13.1 Å². The fourth-order valence-electron chi connectivity index (χ4n) is 6.54. The van der Waals surface area contributed by atoms with E-state index >= 15 is 0 Å². The van der Waals surface area contributed by atoms with Crippen molar-refractivity contribution < 1.29 is 48.0 Å². The molecule has 0 saturated heterocycles. The summed E-state index contributed by atoms with van der Waals surface area (Å²) < 4.78 is 1.47. The SMILES string of the molecule is CC1=C2c3cc(C(C)(C)C)ccc3[CH]1[Zr+2][CH]1C(C)=C(c3cc(C(C)(C)C)ccc31)[Si]2(C)C.[Cl-].[Cl-]. The molecule has 0 radical (unpaired) electrons. The molecule has 2 unspecified atom stereocenters. The Morgan fingerprint density at radius 1 is 0.647 bits per heavy atom. The molecule has 2 aromatic rings. The van der Waals surface area contributed by atoms with E-state index in [1.54, 1.807) is 43.8 Å². The minimum atomic E-state index is -1.85. The van der Waals surface area contributed by atoms with Crippen molar-refractivity contribution in [3.63, 3.8) is 0 Å². The van der Waals surface area contributed by atoms with Gasteiger partial charge in [-0.25, -0.2) is 0 Å². The van der Waals surface area contributed by atoms with Crippen molar-refractivity contribution in [1.82, 2.24) is 0 Å². The molecule has 5 rings (SSSR count). The Bertz CT molecular complexity index is 1130. The summed E-state index contributed by atoms with van der Waals surface area (Å²) in [6.07, 6.45) is 0. The van der Waals surface area contributed by atoms with Gasteiger partial charge in [0.2, 0.25) is 0 Å². The number of fused-ring (bicyclic) bond motifs is 8. The maximum atomic E-state index is 2.65. The zero-order valence-electron chi connectivity index (χ0n) is 22.4. The zero-order valence-corrected chi connectivity index (χ0v) is 27.3. The molecule has 0 saturated carbocycles. The summed E-state index contributed by atoms with van der Waals surface area (Å²) in [5, 5.41) is 3.54. The van der Waals surface area contributed by atoms with E-state index in [9.17, 15) is 0 Å². The van der Waals surface area contributed by atoms with Crippen LogP contribution in [-0.2, 0) is 34.1 Å². The number of rotatable bonds is 0. The van der Waals surface area contributed by atoms with Crippen molar-refractivity contribution in [2.24, 2.45) is 0 Å². The van der Waals surface area contributed by atoms with E-state index in [1.165, 1.54) is 11.1 Å². The van der Waals surface area contributed by atoms with Crippen molar-refractivity contribution >= 4 is 18.5 Å². The Labute approximate surface area is 232 Å². The zero-order chi connectivity index (χ0) is 23.4. The molecule has 2 aromatic carbocycles. The maximum Gasteiger partial charge on any atom is -1.00 e. The first kappa shape index (κ1) is 28.2. The van der Waals surface area contributed by atoms with E-state index in [0.717, 1.165) is 7.25 Å². The van der Waals surface area contributed by atoms with Crippen molar-refractivity contribution in [3.05, 3.63) is 80.9 Å². The largest absolute Gasteiger partial charge is 1.00 e. The minimum absolute atomic E-state index is 0. The topological polar surface area (TPSA) is 0 Å². The molecule has 3 aliphatic rings. The number of halogens is 2. The van der Waals surface area contributed by atoms with Crippen molar-refractivity contribution in [2.45, 2.75) is 86.6 Å². The molecule has 0 nitrogen and oxygen atoms in total. The standard InChI is InChI=1S/C30H38Si.2ClH.Zr/c1-19-15-21-11-13-23(29(3,4)5)17-25(21)27(19)31(9,10)28-20(2)16-22-12-14-24(18-26(22)28)30(6,7)8;;;/h11-18H,1-10H3;2*1H;/q;;;+2/p-2. The summed E-state index contributed by atoms with van der Waals surface area (Å²) in [6, 6.07) is 15.1. The van der Waals surface area contributed by atoms with Gasteiger partial charge >= 0.3 is 209 Å². The van der Waals surface area contributed by atoms with Gasteiger partial charge in [0.1, 0.15) is 0 Å². The Kier molecular flexibility index (Phi) is 7.35. The van der Waals surface area contributed by atoms with E-state index in [4.69, 9.17) is 0 Å². The van der Waals surface area contributed by atoms with Gasteiger partial charge in [-0.1, -0.05) is 0 Å². The number of allylic oxidation sites excluding steroid dienone is 2. The second-order valence-electron chi connectivity index (χ2n) is 12.9. The molecule has 2 aliphatic carbocycles. The molecule has 4 heteroatoms. The molecular weight excluding hydrogens is 551 g/mol. The maximum absolute atomic E-state index is 2.65. The third kappa shape index (κ3) is 4.04. The van der Waals surface area contributed by atoms with Crippen LogP contribution in [0.1, 0.15) is 96.0 Å². The summed E-state index contributed by atoms with van der Waals surface area (Å²) in [5.74, 6) is 0. The first-order chi connectivity index (χ1) is 14.7. The van der Waals surface area contributed by atoms with Gasteiger partial charge < -0.3 is 24.8 Å². The Balaban J connectivity index is 0.00000162. The van der Waals surface area contributed by atoms with Gasteiger partial charge in [-0.3, -0.25) is 0 Å². The van der Waals surface area contributed by atoms with Gasteiger partial charge in [0.15, 0.2) is 0 Å². The molecule has 0 amide bonds. The van der Waals surface area contributed by atoms with E-state index in [1.807, 2.05) is 0 Å². The second kappa shape index (κ2) is 8.86. The van der Waals surface area contributed by atoms with Gasteiger partial charge in [-0.15, -0.1) is 0 Å². The Hall–Kier alpha value is -0.400. The van der Waals surface area contributed by atoms with Crippen LogP contribution in [0.15, 0.2) is 47.5 Å². The molecule has 0 aromatic heterocycles. The van der Waals surface area contributed by atoms with Crippen LogP contribution in [-0.4, -0.2) is 8.07 Å². The molecular formula is C30H38Cl2SiZr. The predicted molar refractivity (Wildman–Crippen MR) is 138 cm³/mol. The summed E-state index contributed by atoms with van der Waals surface area (Å²) in [7, 11) is -1.85. The summed E-state index contributed by atoms with van der Waals surface area (Å²) in [5.41, 5.74) is 13.4. The van der Waals surface area contributed by atoms with Gasteiger partial charge in [0, 0.05) is 0 Å². The Morgan fingerprint density at radius 3 is 1.32 bits per heavy atom. The first-order valence-corrected chi connectivity index (χ1v) is 18.0. The van der Waals surface area contributed by atoms with E-state index in [-0.39, 0.29) is 35.6 Å². The van der Waals surface area contributed by atoms with Crippen LogP contribution in [0, 0.1) is 0 Å². The van der Waals surface area contributed by atoms with Crippen LogP contribution >= 0.6 is 0 Å². The van der Waals surface area contributed by atoms with Crippen LogP contribution in [0.25, 0.3) is 10.4 Å². The van der Waals surface area contributed by atoms with E-state index < -0.39 is 31.3 Å². The first-order valence-electron chi connectivity index (χ1n) is 12.2. The second-order valence-corrected chi connectivity index (χ2v) is 20.8. The molecule has 1 heterocycles. The molecule has 2 atom stereocenters. The average molecular weight is 589 g/mol. The van der Waals surface area contributed by atoms with Crippen molar-refractivity contribution in [2.75, 3.05) is 0 Å². The molecule has 0 spiro atoms. The minimum Gasteiger partial charge on any atom is -1.00 e. The monoisotopic (exact) mass is 586 g/mol. The normalized spacial score (nSPS) is 21.9. The Morgan fingerprint density at radius 2 is 1.00 bits per heavy atom. The number of hydrogen-bond acceptors (Lipinski definition) is 0. The van der Waals surface area contributed by atoms with E-state index in [0.29, 0.717) is 0 Å². The predicted octanol–water partition coefficient (Wildman–Crippen LogP) is 2.53. The number of benzene rings is 2.